The number of rotatable bonds is 6. The minimum atomic E-state index is -0.655. The van der Waals surface area contributed by atoms with Gasteiger partial charge in [0.2, 0.25) is 0 Å². The molecule has 23 heavy (non-hydrogen) atoms. The number of benzene rings is 1. The fourth-order valence-electron chi connectivity index (χ4n) is 3.26. The van der Waals surface area contributed by atoms with Crippen LogP contribution >= 0.6 is 0 Å². The van der Waals surface area contributed by atoms with E-state index in [9.17, 15) is 9.18 Å². The van der Waals surface area contributed by atoms with Crippen LogP contribution in [0.25, 0.3) is 0 Å². The van der Waals surface area contributed by atoms with Gasteiger partial charge in [0.1, 0.15) is 17.4 Å². The van der Waals surface area contributed by atoms with Crippen LogP contribution in [-0.2, 0) is 4.79 Å². The van der Waals surface area contributed by atoms with Crippen molar-refractivity contribution in [1.29, 1.82) is 5.26 Å². The Balaban J connectivity index is 1.86. The second kappa shape index (κ2) is 8.67. The molecule has 1 aromatic rings. The summed E-state index contributed by atoms with van der Waals surface area (Å²) in [5.41, 5.74) is -0.200. The van der Waals surface area contributed by atoms with Crippen molar-refractivity contribution in [3.63, 3.8) is 0 Å². The van der Waals surface area contributed by atoms with E-state index in [0.717, 1.165) is 31.6 Å². The lowest BCUT2D eigenvalue weighted by atomic mass is 9.80. The molecule has 0 aliphatic heterocycles. The van der Waals surface area contributed by atoms with Gasteiger partial charge in [0, 0.05) is 0 Å². The summed E-state index contributed by atoms with van der Waals surface area (Å²) in [4.78, 5) is 12.3. The summed E-state index contributed by atoms with van der Waals surface area (Å²) in [7, 11) is 0. The summed E-state index contributed by atoms with van der Waals surface area (Å²) < 4.78 is 18.8. The van der Waals surface area contributed by atoms with Crippen molar-refractivity contribution in [3.8, 4) is 11.8 Å². The Bertz CT molecular complexity index is 571. The van der Waals surface area contributed by atoms with E-state index in [1.54, 1.807) is 6.07 Å². The minimum Gasteiger partial charge on any atom is -0.425 e. The zero-order valence-electron chi connectivity index (χ0n) is 13.7. The van der Waals surface area contributed by atoms with Crippen molar-refractivity contribution in [2.75, 3.05) is 0 Å². The normalized spacial score (nSPS) is 20.7. The Morgan fingerprint density at radius 1 is 1.30 bits per heavy atom. The highest BCUT2D eigenvalue weighted by Gasteiger charge is 2.28. The molecule has 0 saturated heterocycles. The van der Waals surface area contributed by atoms with Crippen LogP contribution in [0.2, 0.25) is 0 Å². The van der Waals surface area contributed by atoms with Crippen LogP contribution in [-0.4, -0.2) is 5.97 Å². The topological polar surface area (TPSA) is 50.1 Å². The van der Waals surface area contributed by atoms with E-state index in [4.69, 9.17) is 10.00 Å². The van der Waals surface area contributed by atoms with Crippen molar-refractivity contribution in [2.45, 2.75) is 58.3 Å². The summed E-state index contributed by atoms with van der Waals surface area (Å²) in [5, 5.41) is 8.98. The van der Waals surface area contributed by atoms with Crippen LogP contribution < -0.4 is 4.74 Å². The van der Waals surface area contributed by atoms with Gasteiger partial charge in [0.05, 0.1) is 5.92 Å². The molecule has 0 heterocycles. The van der Waals surface area contributed by atoms with Crippen LogP contribution in [0.1, 0.15) is 63.9 Å². The quantitative estimate of drug-likeness (QED) is 0.422. The highest BCUT2D eigenvalue weighted by molar-refractivity contribution is 5.76. The van der Waals surface area contributed by atoms with Crippen molar-refractivity contribution in [2.24, 2.45) is 11.8 Å². The smallest absolute Gasteiger partial charge is 0.314 e. The second-order valence-electron chi connectivity index (χ2n) is 6.36. The minimum absolute atomic E-state index is 0.0302. The summed E-state index contributed by atoms with van der Waals surface area (Å²) in [6.45, 7) is 2.20. The highest BCUT2D eigenvalue weighted by Crippen LogP contribution is 2.33. The fourth-order valence-corrected chi connectivity index (χ4v) is 3.26. The third kappa shape index (κ3) is 4.79. The van der Waals surface area contributed by atoms with Gasteiger partial charge in [-0.25, -0.2) is 4.39 Å². The van der Waals surface area contributed by atoms with Crippen LogP contribution in [0, 0.1) is 29.0 Å². The van der Waals surface area contributed by atoms with E-state index in [0.29, 0.717) is 0 Å². The number of halogens is 1. The molecule has 2 rings (SSSR count). The molecule has 0 amide bonds. The number of unbranched alkanes of at least 4 members (excludes halogenated alkanes) is 2. The molecule has 0 spiro atoms. The number of esters is 1. The Hall–Kier alpha value is -1.89. The van der Waals surface area contributed by atoms with Gasteiger partial charge < -0.3 is 4.74 Å². The molecule has 1 fully saturated rings. The molecule has 1 aromatic carbocycles. The van der Waals surface area contributed by atoms with Crippen molar-refractivity contribution < 1.29 is 13.9 Å². The van der Waals surface area contributed by atoms with Crippen molar-refractivity contribution in [1.82, 2.24) is 0 Å². The molecular formula is C19H24FNO2. The SMILES string of the molecule is CCCCC[C@H]1CC[C@H](C(=O)Oc2cccc(F)c2C#N)CC1. The average Bonchev–Trinajstić information content (AvgIpc) is 2.56. The first-order valence-corrected chi connectivity index (χ1v) is 8.56. The van der Waals surface area contributed by atoms with Gasteiger partial charge in [0.25, 0.3) is 0 Å². The lowest BCUT2D eigenvalue weighted by Gasteiger charge is -2.27. The van der Waals surface area contributed by atoms with Crippen LogP contribution in [0.4, 0.5) is 4.39 Å². The molecule has 1 saturated carbocycles. The standard InChI is InChI=1S/C19H24FNO2/c1-2-3-4-6-14-9-11-15(12-10-14)19(22)23-18-8-5-7-17(20)16(18)13-21/h5,7-8,14-15H,2-4,6,9-12H2,1H3/t14-,15-. The predicted octanol–water partition coefficient (Wildman–Crippen LogP) is 4.99. The number of carbonyl (C=O) groups is 1. The molecular weight excluding hydrogens is 293 g/mol. The van der Waals surface area contributed by atoms with Crippen molar-refractivity contribution in [3.05, 3.63) is 29.6 Å². The fraction of sp³-hybridized carbons (Fsp3) is 0.579. The first-order chi connectivity index (χ1) is 11.2. The van der Waals surface area contributed by atoms with Crippen LogP contribution in [0.15, 0.2) is 18.2 Å². The maximum absolute atomic E-state index is 13.5. The van der Waals surface area contributed by atoms with Gasteiger partial charge in [-0.15, -0.1) is 0 Å². The highest BCUT2D eigenvalue weighted by atomic mass is 19.1. The first kappa shape index (κ1) is 17.5. The van der Waals surface area contributed by atoms with E-state index in [1.165, 1.54) is 43.9 Å². The van der Waals surface area contributed by atoms with Gasteiger partial charge in [-0.05, 0) is 43.7 Å². The number of nitriles is 1. The van der Waals surface area contributed by atoms with E-state index in [2.05, 4.69) is 6.92 Å². The van der Waals surface area contributed by atoms with Crippen LogP contribution in [0.5, 0.6) is 5.75 Å². The Morgan fingerprint density at radius 3 is 2.70 bits per heavy atom. The third-order valence-corrected chi connectivity index (χ3v) is 4.69. The van der Waals surface area contributed by atoms with E-state index < -0.39 is 5.82 Å². The molecule has 0 aromatic heterocycles. The second-order valence-corrected chi connectivity index (χ2v) is 6.36. The Kier molecular flexibility index (Phi) is 6.58. The van der Waals surface area contributed by atoms with Gasteiger partial charge in [-0.3, -0.25) is 4.79 Å². The molecule has 1 aliphatic rings. The number of hydrogen-bond acceptors (Lipinski definition) is 3. The van der Waals surface area contributed by atoms with Gasteiger partial charge in [-0.2, -0.15) is 5.26 Å². The maximum atomic E-state index is 13.5. The Morgan fingerprint density at radius 2 is 2.04 bits per heavy atom. The average molecular weight is 317 g/mol. The summed E-state index contributed by atoms with van der Waals surface area (Å²) in [5.74, 6) is -0.374. The summed E-state index contributed by atoms with van der Waals surface area (Å²) in [6.07, 6.45) is 8.79. The molecule has 0 N–H and O–H groups in total. The van der Waals surface area contributed by atoms with Gasteiger partial charge in [-0.1, -0.05) is 38.7 Å². The number of ether oxygens (including phenoxy) is 1. The van der Waals surface area contributed by atoms with Crippen molar-refractivity contribution >= 4 is 5.97 Å². The summed E-state index contributed by atoms with van der Waals surface area (Å²) >= 11 is 0. The molecule has 1 aliphatic carbocycles. The zero-order chi connectivity index (χ0) is 16.7. The zero-order valence-corrected chi connectivity index (χ0v) is 13.7. The molecule has 0 bridgehead atoms. The number of nitrogens with zero attached hydrogens (tertiary/aromatic N) is 1. The predicted molar refractivity (Wildman–Crippen MR) is 86.3 cm³/mol. The monoisotopic (exact) mass is 317 g/mol. The molecule has 3 nitrogen and oxygen atoms in total. The van der Waals surface area contributed by atoms with Crippen LogP contribution in [0.3, 0.4) is 0 Å². The molecule has 0 radical (unpaired) electrons. The first-order valence-electron chi connectivity index (χ1n) is 8.56. The summed E-state index contributed by atoms with van der Waals surface area (Å²) in [6, 6.07) is 5.86. The molecule has 0 atom stereocenters. The molecule has 124 valence electrons. The van der Waals surface area contributed by atoms with E-state index >= 15 is 0 Å². The van der Waals surface area contributed by atoms with E-state index in [1.807, 2.05) is 0 Å². The molecule has 4 heteroatoms. The lowest BCUT2D eigenvalue weighted by Crippen LogP contribution is -2.26. The number of hydrogen-bond donors (Lipinski definition) is 0. The van der Waals surface area contributed by atoms with Gasteiger partial charge >= 0.3 is 5.97 Å². The lowest BCUT2D eigenvalue weighted by molar-refractivity contribution is -0.140. The van der Waals surface area contributed by atoms with E-state index in [-0.39, 0.29) is 23.2 Å². The largest absolute Gasteiger partial charge is 0.425 e. The Labute approximate surface area is 137 Å². The maximum Gasteiger partial charge on any atom is 0.314 e. The number of carbonyl (C=O) groups excluding carboxylic acids is 1. The third-order valence-electron chi connectivity index (χ3n) is 4.69. The molecule has 0 unspecified atom stereocenters. The van der Waals surface area contributed by atoms with Gasteiger partial charge in [0.15, 0.2) is 5.75 Å².